The Bertz CT molecular complexity index is 209. The molecule has 0 atom stereocenters. The fourth-order valence-corrected chi connectivity index (χ4v) is 0.717. The lowest BCUT2D eigenvalue weighted by Gasteiger charge is -1.91. The van der Waals surface area contributed by atoms with Gasteiger partial charge >= 0.3 is 0 Å². The first kappa shape index (κ1) is 7.00. The van der Waals surface area contributed by atoms with Gasteiger partial charge in [0.05, 0.1) is 0 Å². The van der Waals surface area contributed by atoms with E-state index in [2.05, 4.69) is 25.3 Å². The van der Waals surface area contributed by atoms with Crippen molar-refractivity contribution in [1.29, 1.82) is 0 Å². The first-order valence-corrected chi connectivity index (χ1v) is 3.27. The fourth-order valence-electron chi connectivity index (χ4n) is 0.313. The molecule has 1 amide bonds. The lowest BCUT2D eigenvalue weighted by molar-refractivity contribution is -0.117. The second-order valence-electron chi connectivity index (χ2n) is 1.45. The summed E-state index contributed by atoms with van der Waals surface area (Å²) in [6.07, 6.45) is 0. The summed E-state index contributed by atoms with van der Waals surface area (Å²) in [6.45, 7) is 1.41. The minimum absolute atomic E-state index is 0.144. The largest absolute Gasteiger partial charge is 0.294 e. The Kier molecular flexibility index (Phi) is 2.21. The number of rotatable bonds is 2. The van der Waals surface area contributed by atoms with Crippen molar-refractivity contribution in [1.82, 2.24) is 25.3 Å². The quantitative estimate of drug-likeness (QED) is 0.560. The minimum atomic E-state index is -0.144. The van der Waals surface area contributed by atoms with Gasteiger partial charge in [0.15, 0.2) is 0 Å². The van der Waals surface area contributed by atoms with Crippen molar-refractivity contribution < 1.29 is 4.79 Å². The zero-order chi connectivity index (χ0) is 7.40. The van der Waals surface area contributed by atoms with Crippen molar-refractivity contribution in [3.05, 3.63) is 0 Å². The van der Waals surface area contributed by atoms with Gasteiger partial charge in [-0.15, -0.1) is 5.10 Å². The molecule has 1 aromatic rings. The summed E-state index contributed by atoms with van der Waals surface area (Å²) < 4.78 is 2.44. The number of H-pyrrole nitrogens is 1. The maximum Gasteiger partial charge on any atom is 0.251 e. The molecular formula is C3H5N5OS. The summed E-state index contributed by atoms with van der Waals surface area (Å²) in [7, 11) is 0. The number of tetrazole rings is 1. The topological polar surface area (TPSA) is 83.6 Å². The van der Waals surface area contributed by atoms with Gasteiger partial charge in [-0.25, -0.2) is 0 Å². The third-order valence-corrected chi connectivity index (χ3v) is 1.36. The van der Waals surface area contributed by atoms with Crippen molar-refractivity contribution in [2.24, 2.45) is 0 Å². The summed E-state index contributed by atoms with van der Waals surface area (Å²) in [6, 6.07) is 0. The number of hydrogen-bond acceptors (Lipinski definition) is 5. The lowest BCUT2D eigenvalue weighted by atomic mass is 10.8. The van der Waals surface area contributed by atoms with Crippen molar-refractivity contribution in [2.75, 3.05) is 0 Å². The number of aromatic amines is 1. The maximum atomic E-state index is 10.3. The van der Waals surface area contributed by atoms with E-state index >= 15 is 0 Å². The van der Waals surface area contributed by atoms with E-state index < -0.39 is 0 Å². The molecule has 0 unspecified atom stereocenters. The Morgan fingerprint density at radius 3 is 3.10 bits per heavy atom. The fraction of sp³-hybridized carbons (Fsp3) is 0.333. The number of hydrogen-bond donors (Lipinski definition) is 2. The van der Waals surface area contributed by atoms with E-state index in [1.165, 1.54) is 6.92 Å². The van der Waals surface area contributed by atoms with Gasteiger partial charge in [-0.2, -0.15) is 5.21 Å². The molecule has 1 aromatic heterocycles. The highest BCUT2D eigenvalue weighted by atomic mass is 32.2. The van der Waals surface area contributed by atoms with Gasteiger partial charge in [0.1, 0.15) is 0 Å². The van der Waals surface area contributed by atoms with E-state index in [1.54, 1.807) is 0 Å². The Hall–Kier alpha value is -1.11. The molecule has 0 spiro atoms. The average Bonchev–Trinajstić information content (AvgIpc) is 2.34. The summed E-state index contributed by atoms with van der Waals surface area (Å²) in [4.78, 5) is 10.3. The van der Waals surface area contributed by atoms with Gasteiger partial charge in [-0.05, 0) is 5.21 Å². The third-order valence-electron chi connectivity index (χ3n) is 0.612. The number of aromatic nitrogens is 4. The third kappa shape index (κ3) is 2.02. The molecule has 2 N–H and O–H groups in total. The SMILES string of the molecule is CC(=O)NSc1nn[nH]n1. The molecule has 6 nitrogen and oxygen atoms in total. The zero-order valence-electron chi connectivity index (χ0n) is 5.16. The molecule has 7 heteroatoms. The normalized spacial score (nSPS) is 9.30. The Labute approximate surface area is 60.9 Å². The van der Waals surface area contributed by atoms with Crippen LogP contribution < -0.4 is 4.72 Å². The monoisotopic (exact) mass is 159 g/mol. The molecule has 0 aliphatic heterocycles. The zero-order valence-corrected chi connectivity index (χ0v) is 5.97. The number of amides is 1. The van der Waals surface area contributed by atoms with Crippen LogP contribution in [0.3, 0.4) is 0 Å². The summed E-state index contributed by atoms with van der Waals surface area (Å²) in [5.74, 6) is -0.144. The standard InChI is InChI=1S/C3H5N5OS/c1-2(9)6-10-3-4-7-8-5-3/h1H3,(H,6,9)(H,4,5,7,8). The van der Waals surface area contributed by atoms with Crippen LogP contribution in [0.1, 0.15) is 6.92 Å². The highest BCUT2D eigenvalue weighted by Crippen LogP contribution is 2.02. The van der Waals surface area contributed by atoms with Crippen LogP contribution in [-0.2, 0) is 4.79 Å². The second-order valence-corrected chi connectivity index (χ2v) is 2.23. The molecule has 0 radical (unpaired) electrons. The Morgan fingerprint density at radius 1 is 1.80 bits per heavy atom. The highest BCUT2D eigenvalue weighted by Gasteiger charge is 1.98. The Balaban J connectivity index is 2.35. The van der Waals surface area contributed by atoms with E-state index in [0.29, 0.717) is 5.16 Å². The highest BCUT2D eigenvalue weighted by molar-refractivity contribution is 7.97. The van der Waals surface area contributed by atoms with Gasteiger partial charge < -0.3 is 0 Å². The number of carbonyl (C=O) groups is 1. The lowest BCUT2D eigenvalue weighted by Crippen LogP contribution is -2.10. The molecule has 0 aromatic carbocycles. The molecule has 10 heavy (non-hydrogen) atoms. The van der Waals surface area contributed by atoms with E-state index in [-0.39, 0.29) is 5.91 Å². The van der Waals surface area contributed by atoms with Crippen molar-refractivity contribution in [3.63, 3.8) is 0 Å². The van der Waals surface area contributed by atoms with Gasteiger partial charge in [-0.3, -0.25) is 9.52 Å². The molecule has 0 fully saturated rings. The molecule has 1 rings (SSSR count). The van der Waals surface area contributed by atoms with Crippen LogP contribution in [0.2, 0.25) is 0 Å². The number of nitrogens with one attached hydrogen (secondary N) is 2. The first-order valence-electron chi connectivity index (χ1n) is 2.46. The van der Waals surface area contributed by atoms with Crippen molar-refractivity contribution >= 4 is 17.9 Å². The predicted molar refractivity (Wildman–Crippen MR) is 33.9 cm³/mol. The molecular weight excluding hydrogens is 154 g/mol. The van der Waals surface area contributed by atoms with Crippen LogP contribution >= 0.6 is 11.9 Å². The van der Waals surface area contributed by atoms with Gasteiger partial charge in [0.2, 0.25) is 5.91 Å². The molecule has 1 heterocycles. The van der Waals surface area contributed by atoms with E-state index in [0.717, 1.165) is 11.9 Å². The molecule has 0 saturated heterocycles. The van der Waals surface area contributed by atoms with E-state index in [4.69, 9.17) is 0 Å². The van der Waals surface area contributed by atoms with Gasteiger partial charge in [0, 0.05) is 18.9 Å². The van der Waals surface area contributed by atoms with Crippen LogP contribution in [0.15, 0.2) is 5.16 Å². The van der Waals surface area contributed by atoms with Crippen LogP contribution in [-0.4, -0.2) is 26.5 Å². The molecule has 0 aliphatic rings. The molecule has 0 bridgehead atoms. The van der Waals surface area contributed by atoms with Crippen molar-refractivity contribution in [2.45, 2.75) is 12.1 Å². The van der Waals surface area contributed by atoms with Crippen LogP contribution in [0, 0.1) is 0 Å². The van der Waals surface area contributed by atoms with E-state index in [1.807, 2.05) is 0 Å². The summed E-state index contributed by atoms with van der Waals surface area (Å²) >= 11 is 1.02. The minimum Gasteiger partial charge on any atom is -0.294 e. The predicted octanol–water partition coefficient (Wildman–Crippen LogP) is -0.657. The maximum absolute atomic E-state index is 10.3. The molecule has 54 valence electrons. The van der Waals surface area contributed by atoms with E-state index in [9.17, 15) is 4.79 Å². The number of carbonyl (C=O) groups excluding carboxylic acids is 1. The van der Waals surface area contributed by atoms with Gasteiger partial charge in [-0.1, -0.05) is 5.10 Å². The van der Waals surface area contributed by atoms with Gasteiger partial charge in [0.25, 0.3) is 5.16 Å². The first-order chi connectivity index (χ1) is 4.79. The van der Waals surface area contributed by atoms with Crippen LogP contribution in [0.25, 0.3) is 0 Å². The summed E-state index contributed by atoms with van der Waals surface area (Å²) in [5.41, 5.74) is 0. The number of nitrogens with zero attached hydrogens (tertiary/aromatic N) is 3. The molecule has 0 aliphatic carbocycles. The molecule has 0 saturated carbocycles. The smallest absolute Gasteiger partial charge is 0.251 e. The van der Waals surface area contributed by atoms with Crippen molar-refractivity contribution in [3.8, 4) is 0 Å². The Morgan fingerprint density at radius 2 is 2.60 bits per heavy atom. The average molecular weight is 159 g/mol. The van der Waals surface area contributed by atoms with Crippen LogP contribution in [0.4, 0.5) is 0 Å². The van der Waals surface area contributed by atoms with Crippen LogP contribution in [0.5, 0.6) is 0 Å². The second kappa shape index (κ2) is 3.16. The summed E-state index contributed by atoms with van der Waals surface area (Å²) in [5, 5.41) is 13.1.